The van der Waals surface area contributed by atoms with Gasteiger partial charge in [0.25, 0.3) is 5.91 Å². The summed E-state index contributed by atoms with van der Waals surface area (Å²) in [6, 6.07) is 13.0. The van der Waals surface area contributed by atoms with E-state index in [0.29, 0.717) is 23.6 Å². The molecule has 1 amide bonds. The second kappa shape index (κ2) is 6.75. The van der Waals surface area contributed by atoms with Gasteiger partial charge in [0.05, 0.1) is 0 Å². The molecular weight excluding hydrogens is 262 g/mol. The average molecular weight is 281 g/mol. The van der Waals surface area contributed by atoms with Crippen LogP contribution in [0.15, 0.2) is 55.1 Å². The highest BCUT2D eigenvalue weighted by Crippen LogP contribution is 2.18. The minimum Gasteiger partial charge on any atom is -0.489 e. The predicted molar refractivity (Wildman–Crippen MR) is 86.0 cm³/mol. The Morgan fingerprint density at radius 2 is 2.00 bits per heavy atom. The lowest BCUT2D eigenvalue weighted by Crippen LogP contribution is -2.12. The fraction of sp³-hybridized carbons (Fsp3) is 0.167. The number of aryl methyl sites for hydroxylation is 2. The number of carbonyl (C=O) groups excluding carboxylic acids is 1. The molecule has 21 heavy (non-hydrogen) atoms. The van der Waals surface area contributed by atoms with Crippen LogP contribution in [0.1, 0.15) is 21.5 Å². The van der Waals surface area contributed by atoms with E-state index in [2.05, 4.69) is 11.9 Å². The Morgan fingerprint density at radius 3 is 2.71 bits per heavy atom. The first-order valence-electron chi connectivity index (χ1n) is 6.82. The van der Waals surface area contributed by atoms with Gasteiger partial charge in [0.2, 0.25) is 0 Å². The van der Waals surface area contributed by atoms with Gasteiger partial charge in [0.1, 0.15) is 12.4 Å². The zero-order chi connectivity index (χ0) is 15.2. The van der Waals surface area contributed by atoms with Crippen LogP contribution in [0, 0.1) is 13.8 Å². The van der Waals surface area contributed by atoms with Crippen LogP contribution in [0.2, 0.25) is 0 Å². The van der Waals surface area contributed by atoms with Gasteiger partial charge >= 0.3 is 0 Å². The smallest absolute Gasteiger partial charge is 0.255 e. The van der Waals surface area contributed by atoms with Gasteiger partial charge < -0.3 is 10.1 Å². The zero-order valence-corrected chi connectivity index (χ0v) is 12.3. The SMILES string of the molecule is C=CCOc1cccc(NC(=O)c2ccc(C)c(C)c2)c1. The largest absolute Gasteiger partial charge is 0.489 e. The number of anilines is 1. The normalized spacial score (nSPS) is 10.0. The molecule has 108 valence electrons. The number of rotatable bonds is 5. The first-order valence-corrected chi connectivity index (χ1v) is 6.82. The average Bonchev–Trinajstić information content (AvgIpc) is 2.48. The van der Waals surface area contributed by atoms with E-state index in [1.807, 2.05) is 50.2 Å². The summed E-state index contributed by atoms with van der Waals surface area (Å²) in [5, 5.41) is 2.88. The Bertz CT molecular complexity index is 662. The molecular formula is C18H19NO2. The van der Waals surface area contributed by atoms with E-state index in [1.54, 1.807) is 12.1 Å². The molecule has 0 aliphatic heterocycles. The Morgan fingerprint density at radius 1 is 1.19 bits per heavy atom. The summed E-state index contributed by atoms with van der Waals surface area (Å²) in [7, 11) is 0. The Kier molecular flexibility index (Phi) is 4.77. The van der Waals surface area contributed by atoms with Crippen molar-refractivity contribution < 1.29 is 9.53 Å². The van der Waals surface area contributed by atoms with Crippen LogP contribution in [-0.2, 0) is 0 Å². The lowest BCUT2D eigenvalue weighted by molar-refractivity contribution is 0.102. The first-order chi connectivity index (χ1) is 10.1. The maximum absolute atomic E-state index is 12.2. The van der Waals surface area contributed by atoms with E-state index >= 15 is 0 Å². The molecule has 0 spiro atoms. The highest BCUT2D eigenvalue weighted by atomic mass is 16.5. The lowest BCUT2D eigenvalue weighted by atomic mass is 10.1. The molecule has 0 atom stereocenters. The monoisotopic (exact) mass is 281 g/mol. The molecule has 0 fully saturated rings. The van der Waals surface area contributed by atoms with Crippen LogP contribution >= 0.6 is 0 Å². The first kappa shape index (κ1) is 14.9. The van der Waals surface area contributed by atoms with Gasteiger partial charge in [-0.1, -0.05) is 24.8 Å². The molecule has 2 rings (SSSR count). The third kappa shape index (κ3) is 3.96. The third-order valence-electron chi connectivity index (χ3n) is 3.23. The number of hydrogen-bond donors (Lipinski definition) is 1. The fourth-order valence-corrected chi connectivity index (χ4v) is 1.90. The minimum atomic E-state index is -0.126. The molecule has 0 aliphatic rings. The Hall–Kier alpha value is -2.55. The summed E-state index contributed by atoms with van der Waals surface area (Å²) in [5.74, 6) is 0.576. The van der Waals surface area contributed by atoms with Crippen molar-refractivity contribution in [2.75, 3.05) is 11.9 Å². The Labute approximate surface area is 125 Å². The van der Waals surface area contributed by atoms with Gasteiger partial charge in [0, 0.05) is 17.3 Å². The highest BCUT2D eigenvalue weighted by molar-refractivity contribution is 6.04. The van der Waals surface area contributed by atoms with Gasteiger partial charge in [-0.25, -0.2) is 0 Å². The molecule has 1 N–H and O–H groups in total. The number of benzene rings is 2. The van der Waals surface area contributed by atoms with Crippen molar-refractivity contribution in [1.29, 1.82) is 0 Å². The van der Waals surface area contributed by atoms with E-state index in [1.165, 1.54) is 5.56 Å². The van der Waals surface area contributed by atoms with E-state index < -0.39 is 0 Å². The van der Waals surface area contributed by atoms with E-state index in [0.717, 1.165) is 5.56 Å². The van der Waals surface area contributed by atoms with Crippen LogP contribution in [0.5, 0.6) is 5.75 Å². The summed E-state index contributed by atoms with van der Waals surface area (Å²) in [5.41, 5.74) is 3.63. The van der Waals surface area contributed by atoms with Gasteiger partial charge in [-0.15, -0.1) is 0 Å². The molecule has 3 nitrogen and oxygen atoms in total. The molecule has 3 heteroatoms. The topological polar surface area (TPSA) is 38.3 Å². The quantitative estimate of drug-likeness (QED) is 0.837. The maximum atomic E-state index is 12.2. The van der Waals surface area contributed by atoms with Crippen molar-refractivity contribution in [3.05, 3.63) is 71.8 Å². The number of hydrogen-bond acceptors (Lipinski definition) is 2. The van der Waals surface area contributed by atoms with Crippen LogP contribution < -0.4 is 10.1 Å². The summed E-state index contributed by atoms with van der Waals surface area (Å²) in [6.45, 7) is 8.07. The number of carbonyl (C=O) groups is 1. The number of nitrogens with one attached hydrogen (secondary N) is 1. The number of amides is 1. The van der Waals surface area contributed by atoms with E-state index in [-0.39, 0.29) is 5.91 Å². The van der Waals surface area contributed by atoms with Gasteiger partial charge in [-0.2, -0.15) is 0 Å². The molecule has 0 heterocycles. The van der Waals surface area contributed by atoms with Gasteiger partial charge in [-0.3, -0.25) is 4.79 Å². The fourth-order valence-electron chi connectivity index (χ4n) is 1.90. The maximum Gasteiger partial charge on any atom is 0.255 e. The Balaban J connectivity index is 2.11. The van der Waals surface area contributed by atoms with Crippen LogP contribution in [-0.4, -0.2) is 12.5 Å². The van der Waals surface area contributed by atoms with Crippen molar-refractivity contribution in [3.8, 4) is 5.75 Å². The summed E-state index contributed by atoms with van der Waals surface area (Å²) < 4.78 is 5.45. The van der Waals surface area contributed by atoms with E-state index in [4.69, 9.17) is 4.74 Å². The third-order valence-corrected chi connectivity index (χ3v) is 3.23. The standard InChI is InChI=1S/C18H19NO2/c1-4-10-21-17-7-5-6-16(12-17)19-18(20)15-9-8-13(2)14(3)11-15/h4-9,11-12H,1,10H2,2-3H3,(H,19,20). The van der Waals surface area contributed by atoms with Crippen LogP contribution in [0.3, 0.4) is 0 Å². The van der Waals surface area contributed by atoms with Crippen LogP contribution in [0.25, 0.3) is 0 Å². The molecule has 0 saturated heterocycles. The van der Waals surface area contributed by atoms with Crippen LogP contribution in [0.4, 0.5) is 5.69 Å². The van der Waals surface area contributed by atoms with Crippen molar-refractivity contribution in [2.45, 2.75) is 13.8 Å². The van der Waals surface area contributed by atoms with Crippen molar-refractivity contribution in [2.24, 2.45) is 0 Å². The molecule has 0 radical (unpaired) electrons. The minimum absolute atomic E-state index is 0.126. The molecule has 0 unspecified atom stereocenters. The second-order valence-corrected chi connectivity index (χ2v) is 4.88. The predicted octanol–water partition coefficient (Wildman–Crippen LogP) is 4.12. The van der Waals surface area contributed by atoms with Gasteiger partial charge in [-0.05, 0) is 49.2 Å². The summed E-state index contributed by atoms with van der Waals surface area (Å²) >= 11 is 0. The molecule has 0 aromatic heterocycles. The van der Waals surface area contributed by atoms with Crippen molar-refractivity contribution >= 4 is 11.6 Å². The lowest BCUT2D eigenvalue weighted by Gasteiger charge is -2.09. The molecule has 0 saturated carbocycles. The molecule has 0 bridgehead atoms. The molecule has 2 aromatic rings. The molecule has 0 aliphatic carbocycles. The van der Waals surface area contributed by atoms with Crippen molar-refractivity contribution in [1.82, 2.24) is 0 Å². The number of ether oxygens (including phenoxy) is 1. The van der Waals surface area contributed by atoms with Gasteiger partial charge in [0.15, 0.2) is 0 Å². The summed E-state index contributed by atoms with van der Waals surface area (Å²) in [4.78, 5) is 12.2. The molecule has 2 aromatic carbocycles. The van der Waals surface area contributed by atoms with Crippen molar-refractivity contribution in [3.63, 3.8) is 0 Å². The zero-order valence-electron chi connectivity index (χ0n) is 12.3. The second-order valence-electron chi connectivity index (χ2n) is 4.88. The van der Waals surface area contributed by atoms with E-state index in [9.17, 15) is 4.79 Å². The highest BCUT2D eigenvalue weighted by Gasteiger charge is 2.07. The summed E-state index contributed by atoms with van der Waals surface area (Å²) in [6.07, 6.45) is 1.68.